The van der Waals surface area contributed by atoms with Crippen LogP contribution in [-0.4, -0.2) is 21.0 Å². The van der Waals surface area contributed by atoms with Crippen LogP contribution in [0.3, 0.4) is 0 Å². The van der Waals surface area contributed by atoms with Crippen LogP contribution in [-0.2, 0) is 16.6 Å². The standard InChI is InChI=1S/C14H26N2O2S2/c1-4-6-7-12(3)16-20(17,18)14-9-8-13(19-14)11-15-10-5-2/h8-9,12,15-16H,4-7,10-11H2,1-3H3. The maximum Gasteiger partial charge on any atom is 0.250 e. The van der Waals surface area contributed by atoms with Crippen LogP contribution in [0.1, 0.15) is 51.3 Å². The Hall–Kier alpha value is -0.430. The van der Waals surface area contributed by atoms with Gasteiger partial charge in [-0.15, -0.1) is 11.3 Å². The van der Waals surface area contributed by atoms with Crippen LogP contribution in [0, 0.1) is 0 Å². The van der Waals surface area contributed by atoms with Crippen molar-refractivity contribution < 1.29 is 8.42 Å². The van der Waals surface area contributed by atoms with Gasteiger partial charge in [-0.05, 0) is 38.4 Å². The van der Waals surface area contributed by atoms with E-state index in [2.05, 4.69) is 23.9 Å². The minimum absolute atomic E-state index is 0.0104. The lowest BCUT2D eigenvalue weighted by atomic mass is 10.2. The second kappa shape index (κ2) is 8.77. The van der Waals surface area contributed by atoms with Gasteiger partial charge in [0.15, 0.2) is 0 Å². The third-order valence-electron chi connectivity index (χ3n) is 2.97. The maximum absolute atomic E-state index is 12.2. The highest BCUT2D eigenvalue weighted by Crippen LogP contribution is 2.22. The van der Waals surface area contributed by atoms with Gasteiger partial charge in [-0.25, -0.2) is 13.1 Å². The number of nitrogens with one attached hydrogen (secondary N) is 2. The zero-order chi connectivity index (χ0) is 15.0. The van der Waals surface area contributed by atoms with Gasteiger partial charge in [-0.1, -0.05) is 26.7 Å². The first kappa shape index (κ1) is 17.6. The third kappa shape index (κ3) is 5.91. The highest BCUT2D eigenvalue weighted by atomic mass is 32.2. The van der Waals surface area contributed by atoms with E-state index >= 15 is 0 Å². The molecule has 0 bridgehead atoms. The lowest BCUT2D eigenvalue weighted by Gasteiger charge is -2.12. The summed E-state index contributed by atoms with van der Waals surface area (Å²) in [6.45, 7) is 7.82. The summed E-state index contributed by atoms with van der Waals surface area (Å²) >= 11 is 1.34. The molecule has 0 aromatic carbocycles. The van der Waals surface area contributed by atoms with Crippen LogP contribution in [0.4, 0.5) is 0 Å². The molecule has 0 saturated heterocycles. The van der Waals surface area contributed by atoms with Crippen molar-refractivity contribution in [2.45, 2.75) is 63.3 Å². The molecular weight excluding hydrogens is 292 g/mol. The van der Waals surface area contributed by atoms with E-state index in [-0.39, 0.29) is 6.04 Å². The molecular formula is C14H26N2O2S2. The number of sulfonamides is 1. The Bertz CT molecular complexity index is 483. The predicted octanol–water partition coefficient (Wildman–Crippen LogP) is 3.10. The SMILES string of the molecule is CCCCC(C)NS(=O)(=O)c1ccc(CNCCC)s1. The first-order valence-electron chi connectivity index (χ1n) is 7.31. The summed E-state index contributed by atoms with van der Waals surface area (Å²) in [5, 5.41) is 3.28. The van der Waals surface area contributed by atoms with Gasteiger partial charge in [0.25, 0.3) is 0 Å². The molecule has 1 unspecified atom stereocenters. The zero-order valence-corrected chi connectivity index (χ0v) is 14.2. The van der Waals surface area contributed by atoms with Crippen LogP contribution in [0.5, 0.6) is 0 Å². The van der Waals surface area contributed by atoms with Crippen molar-refractivity contribution in [3.8, 4) is 0 Å². The Morgan fingerprint density at radius 1 is 1.25 bits per heavy atom. The topological polar surface area (TPSA) is 58.2 Å². The van der Waals surface area contributed by atoms with E-state index in [4.69, 9.17) is 0 Å². The lowest BCUT2D eigenvalue weighted by molar-refractivity contribution is 0.535. The molecule has 1 atom stereocenters. The molecule has 1 aromatic heterocycles. The molecule has 1 heterocycles. The molecule has 6 heteroatoms. The summed E-state index contributed by atoms with van der Waals surface area (Å²) in [4.78, 5) is 1.06. The molecule has 116 valence electrons. The van der Waals surface area contributed by atoms with Gasteiger partial charge < -0.3 is 5.32 Å². The molecule has 0 spiro atoms. The average Bonchev–Trinajstić information content (AvgIpc) is 2.86. The molecule has 0 saturated carbocycles. The van der Waals surface area contributed by atoms with E-state index in [1.807, 2.05) is 13.0 Å². The van der Waals surface area contributed by atoms with Crippen molar-refractivity contribution in [3.63, 3.8) is 0 Å². The Labute approximate surface area is 127 Å². The van der Waals surface area contributed by atoms with E-state index in [9.17, 15) is 8.42 Å². The Morgan fingerprint density at radius 3 is 2.65 bits per heavy atom. The van der Waals surface area contributed by atoms with Crippen molar-refractivity contribution in [1.29, 1.82) is 0 Å². The molecule has 0 aliphatic heterocycles. The van der Waals surface area contributed by atoms with Crippen LogP contribution >= 0.6 is 11.3 Å². The van der Waals surface area contributed by atoms with Gasteiger partial charge in [0.05, 0.1) is 0 Å². The summed E-state index contributed by atoms with van der Waals surface area (Å²) in [7, 11) is -3.36. The van der Waals surface area contributed by atoms with Crippen LogP contribution in [0.2, 0.25) is 0 Å². The molecule has 0 radical (unpaired) electrons. The van der Waals surface area contributed by atoms with Gasteiger partial charge in [0.2, 0.25) is 10.0 Å². The smallest absolute Gasteiger partial charge is 0.250 e. The quantitative estimate of drug-likeness (QED) is 0.652. The third-order valence-corrected chi connectivity index (χ3v) is 6.14. The molecule has 4 nitrogen and oxygen atoms in total. The number of hydrogen-bond donors (Lipinski definition) is 2. The van der Waals surface area contributed by atoms with Gasteiger partial charge >= 0.3 is 0 Å². The molecule has 0 aliphatic carbocycles. The summed E-state index contributed by atoms with van der Waals surface area (Å²) in [6.07, 6.45) is 4.08. The van der Waals surface area contributed by atoms with Crippen molar-refractivity contribution >= 4 is 21.4 Å². The second-order valence-electron chi connectivity index (χ2n) is 5.06. The highest BCUT2D eigenvalue weighted by molar-refractivity contribution is 7.91. The Kier molecular flexibility index (Phi) is 7.72. The normalized spacial score (nSPS) is 13.6. The summed E-state index contributed by atoms with van der Waals surface area (Å²) in [5.74, 6) is 0. The van der Waals surface area contributed by atoms with Gasteiger partial charge in [-0.3, -0.25) is 0 Å². The van der Waals surface area contributed by atoms with Crippen molar-refractivity contribution in [1.82, 2.24) is 10.0 Å². The van der Waals surface area contributed by atoms with Crippen LogP contribution in [0.25, 0.3) is 0 Å². The molecule has 20 heavy (non-hydrogen) atoms. The Balaban J connectivity index is 2.59. The van der Waals surface area contributed by atoms with Gasteiger partial charge in [0.1, 0.15) is 4.21 Å². The second-order valence-corrected chi connectivity index (χ2v) is 8.17. The largest absolute Gasteiger partial charge is 0.312 e. The fraction of sp³-hybridized carbons (Fsp3) is 0.714. The number of thiophene rings is 1. The molecule has 1 rings (SSSR count). The fourth-order valence-electron chi connectivity index (χ4n) is 1.88. The monoisotopic (exact) mass is 318 g/mol. The van der Waals surface area contributed by atoms with E-state index in [1.165, 1.54) is 11.3 Å². The van der Waals surface area contributed by atoms with E-state index in [0.29, 0.717) is 4.21 Å². The van der Waals surface area contributed by atoms with E-state index < -0.39 is 10.0 Å². The van der Waals surface area contributed by atoms with Crippen LogP contribution in [0.15, 0.2) is 16.3 Å². The van der Waals surface area contributed by atoms with Crippen molar-refractivity contribution in [2.75, 3.05) is 6.54 Å². The maximum atomic E-state index is 12.2. The number of unbranched alkanes of at least 4 members (excludes halogenated alkanes) is 1. The first-order valence-corrected chi connectivity index (χ1v) is 9.61. The number of rotatable bonds is 10. The highest BCUT2D eigenvalue weighted by Gasteiger charge is 2.19. The molecule has 1 aromatic rings. The Morgan fingerprint density at radius 2 is 2.00 bits per heavy atom. The zero-order valence-electron chi connectivity index (χ0n) is 12.6. The molecule has 0 amide bonds. The molecule has 0 fully saturated rings. The van der Waals surface area contributed by atoms with E-state index in [0.717, 1.165) is 43.6 Å². The fourth-order valence-corrected chi connectivity index (χ4v) is 4.50. The summed E-state index contributed by atoms with van der Waals surface area (Å²) in [6, 6.07) is 3.57. The summed E-state index contributed by atoms with van der Waals surface area (Å²) < 4.78 is 27.6. The minimum Gasteiger partial charge on any atom is -0.312 e. The average molecular weight is 319 g/mol. The number of hydrogen-bond acceptors (Lipinski definition) is 4. The minimum atomic E-state index is -3.36. The van der Waals surface area contributed by atoms with E-state index in [1.54, 1.807) is 6.07 Å². The van der Waals surface area contributed by atoms with Crippen molar-refractivity contribution in [3.05, 3.63) is 17.0 Å². The summed E-state index contributed by atoms with van der Waals surface area (Å²) in [5.41, 5.74) is 0. The first-order chi connectivity index (χ1) is 9.49. The van der Waals surface area contributed by atoms with Crippen molar-refractivity contribution in [2.24, 2.45) is 0 Å². The van der Waals surface area contributed by atoms with Gasteiger partial charge in [-0.2, -0.15) is 0 Å². The molecule has 2 N–H and O–H groups in total. The van der Waals surface area contributed by atoms with Crippen LogP contribution < -0.4 is 10.0 Å². The van der Waals surface area contributed by atoms with Gasteiger partial charge in [0, 0.05) is 17.5 Å². The molecule has 0 aliphatic rings. The predicted molar refractivity (Wildman–Crippen MR) is 85.6 cm³/mol. The lowest BCUT2D eigenvalue weighted by Crippen LogP contribution is -2.32.